The van der Waals surface area contributed by atoms with Gasteiger partial charge in [0.1, 0.15) is 0 Å². The fourth-order valence-corrected chi connectivity index (χ4v) is 2.03. The Morgan fingerprint density at radius 2 is 2.18 bits per heavy atom. The summed E-state index contributed by atoms with van der Waals surface area (Å²) in [6, 6.07) is 0.592. The van der Waals surface area contributed by atoms with Gasteiger partial charge >= 0.3 is 0 Å². The fourth-order valence-electron chi connectivity index (χ4n) is 2.03. The lowest BCUT2D eigenvalue weighted by Gasteiger charge is -2.33. The van der Waals surface area contributed by atoms with Gasteiger partial charge in [-0.2, -0.15) is 0 Å². The molecule has 0 bridgehead atoms. The Bertz CT molecular complexity index is 255. The molecule has 0 spiro atoms. The minimum absolute atomic E-state index is 0.209. The quantitative estimate of drug-likeness (QED) is 0.744. The van der Waals surface area contributed by atoms with Crippen LogP contribution in [0.2, 0.25) is 0 Å². The minimum Gasteiger partial charge on any atom is -0.380 e. The van der Waals surface area contributed by atoms with Gasteiger partial charge in [0.25, 0.3) is 0 Å². The van der Waals surface area contributed by atoms with Crippen LogP contribution >= 0.6 is 0 Å². The van der Waals surface area contributed by atoms with Crippen molar-refractivity contribution in [2.24, 2.45) is 0 Å². The summed E-state index contributed by atoms with van der Waals surface area (Å²) in [6.45, 7) is 13.0. The second kappa shape index (κ2) is 6.53. The molecule has 0 saturated heterocycles. The van der Waals surface area contributed by atoms with Crippen molar-refractivity contribution in [3.63, 3.8) is 0 Å². The normalized spacial score (nSPS) is 20.2. The first kappa shape index (κ1) is 14.7. The number of nitrogens with one attached hydrogen (secondary N) is 1. The van der Waals surface area contributed by atoms with E-state index in [0.717, 1.165) is 32.7 Å². The van der Waals surface area contributed by atoms with E-state index in [2.05, 4.69) is 44.0 Å². The highest BCUT2D eigenvalue weighted by molar-refractivity contribution is 5.08. The average molecular weight is 240 g/mol. The van der Waals surface area contributed by atoms with Gasteiger partial charge in [0.2, 0.25) is 0 Å². The molecule has 3 nitrogen and oxygen atoms in total. The maximum atomic E-state index is 5.17. The third-order valence-electron chi connectivity index (χ3n) is 3.22. The van der Waals surface area contributed by atoms with Crippen molar-refractivity contribution in [3.8, 4) is 0 Å². The van der Waals surface area contributed by atoms with Crippen LogP contribution in [0.25, 0.3) is 0 Å². The van der Waals surface area contributed by atoms with E-state index in [9.17, 15) is 0 Å². The summed E-state index contributed by atoms with van der Waals surface area (Å²) in [5, 5.41) is 3.57. The van der Waals surface area contributed by atoms with E-state index in [4.69, 9.17) is 4.74 Å². The Labute approximate surface area is 106 Å². The van der Waals surface area contributed by atoms with E-state index in [1.165, 1.54) is 5.57 Å². The van der Waals surface area contributed by atoms with E-state index >= 15 is 0 Å². The monoisotopic (exact) mass is 240 g/mol. The summed E-state index contributed by atoms with van der Waals surface area (Å²) in [5.74, 6) is 0. The summed E-state index contributed by atoms with van der Waals surface area (Å²) < 4.78 is 5.17. The summed E-state index contributed by atoms with van der Waals surface area (Å²) in [6.07, 6.45) is 3.47. The van der Waals surface area contributed by atoms with Crippen molar-refractivity contribution in [1.29, 1.82) is 0 Å². The summed E-state index contributed by atoms with van der Waals surface area (Å²) >= 11 is 0. The van der Waals surface area contributed by atoms with Crippen LogP contribution in [0.15, 0.2) is 11.6 Å². The number of rotatable bonds is 5. The van der Waals surface area contributed by atoms with Crippen LogP contribution < -0.4 is 5.32 Å². The highest BCUT2D eigenvalue weighted by Crippen LogP contribution is 2.13. The van der Waals surface area contributed by atoms with Gasteiger partial charge in [0, 0.05) is 38.3 Å². The van der Waals surface area contributed by atoms with Gasteiger partial charge in [0.05, 0.1) is 6.61 Å². The Hall–Kier alpha value is -0.380. The Morgan fingerprint density at radius 1 is 1.47 bits per heavy atom. The van der Waals surface area contributed by atoms with Crippen LogP contribution in [-0.2, 0) is 4.74 Å². The molecule has 1 heterocycles. The molecular weight excluding hydrogens is 212 g/mol. The van der Waals surface area contributed by atoms with Gasteiger partial charge in [-0.05, 0) is 39.7 Å². The maximum Gasteiger partial charge on any atom is 0.0673 e. The number of nitrogens with zero attached hydrogens (tertiary/aromatic N) is 1. The summed E-state index contributed by atoms with van der Waals surface area (Å²) in [5.41, 5.74) is 1.65. The predicted octanol–water partition coefficient (Wildman–Crippen LogP) is 2.04. The van der Waals surface area contributed by atoms with Crippen molar-refractivity contribution in [2.45, 2.75) is 45.7 Å². The molecule has 3 heteroatoms. The van der Waals surface area contributed by atoms with E-state index in [1.54, 1.807) is 7.11 Å². The number of ether oxygens (including phenoxy) is 1. The molecule has 17 heavy (non-hydrogen) atoms. The standard InChI is InChI=1S/C14H28N2O/c1-12(10-15-14(2,3)4)16-8-6-13(7-9-16)11-17-5/h6,12,15H,7-11H2,1-5H3. The van der Waals surface area contributed by atoms with E-state index in [0.29, 0.717) is 6.04 Å². The van der Waals surface area contributed by atoms with Gasteiger partial charge in [0.15, 0.2) is 0 Å². The lowest BCUT2D eigenvalue weighted by Crippen LogP contribution is -2.47. The van der Waals surface area contributed by atoms with E-state index < -0.39 is 0 Å². The zero-order chi connectivity index (χ0) is 12.9. The molecule has 1 aliphatic rings. The molecule has 0 aromatic rings. The van der Waals surface area contributed by atoms with Crippen LogP contribution in [0.5, 0.6) is 0 Å². The van der Waals surface area contributed by atoms with Crippen molar-refractivity contribution in [3.05, 3.63) is 11.6 Å². The minimum atomic E-state index is 0.209. The molecule has 1 unspecified atom stereocenters. The van der Waals surface area contributed by atoms with Crippen LogP contribution in [0.4, 0.5) is 0 Å². The summed E-state index contributed by atoms with van der Waals surface area (Å²) in [7, 11) is 1.77. The van der Waals surface area contributed by atoms with Gasteiger partial charge < -0.3 is 10.1 Å². The lowest BCUT2D eigenvalue weighted by molar-refractivity contribution is 0.188. The number of hydrogen-bond donors (Lipinski definition) is 1. The largest absolute Gasteiger partial charge is 0.380 e. The van der Waals surface area contributed by atoms with Gasteiger partial charge in [-0.1, -0.05) is 6.08 Å². The van der Waals surface area contributed by atoms with Gasteiger partial charge in [-0.25, -0.2) is 0 Å². The Kier molecular flexibility index (Phi) is 5.63. The lowest BCUT2D eigenvalue weighted by atomic mass is 10.1. The van der Waals surface area contributed by atoms with Crippen LogP contribution in [0.1, 0.15) is 34.1 Å². The zero-order valence-corrected chi connectivity index (χ0v) is 12.0. The molecule has 0 fully saturated rings. The summed E-state index contributed by atoms with van der Waals surface area (Å²) in [4.78, 5) is 2.53. The molecule has 1 aliphatic heterocycles. The van der Waals surface area contributed by atoms with Crippen LogP contribution in [-0.4, -0.2) is 49.8 Å². The first-order valence-electron chi connectivity index (χ1n) is 6.58. The van der Waals surface area contributed by atoms with Crippen molar-refractivity contribution < 1.29 is 4.74 Å². The smallest absolute Gasteiger partial charge is 0.0673 e. The molecule has 1 N–H and O–H groups in total. The highest BCUT2D eigenvalue weighted by Gasteiger charge is 2.18. The first-order valence-corrected chi connectivity index (χ1v) is 6.58. The topological polar surface area (TPSA) is 24.5 Å². The Balaban J connectivity index is 2.33. The van der Waals surface area contributed by atoms with Crippen LogP contribution in [0, 0.1) is 0 Å². The molecule has 0 aliphatic carbocycles. The molecule has 1 rings (SSSR count). The molecule has 0 aromatic heterocycles. The highest BCUT2D eigenvalue weighted by atomic mass is 16.5. The van der Waals surface area contributed by atoms with E-state index in [1.807, 2.05) is 0 Å². The Morgan fingerprint density at radius 3 is 2.65 bits per heavy atom. The molecule has 100 valence electrons. The second-order valence-electron chi connectivity index (χ2n) is 6.02. The van der Waals surface area contributed by atoms with Crippen molar-refractivity contribution >= 4 is 0 Å². The van der Waals surface area contributed by atoms with Crippen LogP contribution in [0.3, 0.4) is 0 Å². The molecule has 0 saturated carbocycles. The second-order valence-corrected chi connectivity index (χ2v) is 6.02. The average Bonchev–Trinajstić information content (AvgIpc) is 2.26. The fraction of sp³-hybridized carbons (Fsp3) is 0.857. The number of hydrogen-bond acceptors (Lipinski definition) is 3. The van der Waals surface area contributed by atoms with E-state index in [-0.39, 0.29) is 5.54 Å². The third kappa shape index (κ3) is 5.66. The van der Waals surface area contributed by atoms with Gasteiger partial charge in [-0.15, -0.1) is 0 Å². The number of methoxy groups -OCH3 is 1. The SMILES string of the molecule is COCC1=CCN(C(C)CNC(C)(C)C)CC1. The van der Waals surface area contributed by atoms with Crippen molar-refractivity contribution in [2.75, 3.05) is 33.4 Å². The predicted molar refractivity (Wildman–Crippen MR) is 73.4 cm³/mol. The molecule has 0 amide bonds. The maximum absolute atomic E-state index is 5.17. The first-order chi connectivity index (χ1) is 7.92. The molecule has 1 atom stereocenters. The molecule has 0 aromatic carbocycles. The molecular formula is C14H28N2O. The van der Waals surface area contributed by atoms with Gasteiger partial charge in [-0.3, -0.25) is 4.90 Å². The van der Waals surface area contributed by atoms with Crippen molar-refractivity contribution in [1.82, 2.24) is 10.2 Å². The third-order valence-corrected chi connectivity index (χ3v) is 3.22. The molecule has 0 radical (unpaired) electrons. The zero-order valence-electron chi connectivity index (χ0n) is 12.0.